The molecule has 1 saturated heterocycles. The van der Waals surface area contributed by atoms with Crippen molar-refractivity contribution in [3.63, 3.8) is 0 Å². The number of guanidine groups is 1. The average Bonchev–Trinajstić information content (AvgIpc) is 3.21. The van der Waals surface area contributed by atoms with Crippen molar-refractivity contribution >= 4 is 27.6 Å². The summed E-state index contributed by atoms with van der Waals surface area (Å²) in [7, 11) is 3.88. The van der Waals surface area contributed by atoms with Crippen LogP contribution in [0.3, 0.4) is 0 Å². The van der Waals surface area contributed by atoms with Gasteiger partial charge in [0.15, 0.2) is 5.96 Å². The Balaban J connectivity index is 1.52. The molecule has 0 radical (unpaired) electrons. The zero-order valence-corrected chi connectivity index (χ0v) is 15.8. The summed E-state index contributed by atoms with van der Waals surface area (Å²) in [6.45, 7) is 2.83. The molecule has 0 bridgehead atoms. The number of nitrogens with zero attached hydrogens (tertiary/aromatic N) is 3. The van der Waals surface area contributed by atoms with E-state index in [2.05, 4.69) is 90.7 Å². The molecule has 3 rings (SSSR count). The fourth-order valence-electron chi connectivity index (χ4n) is 3.01. The van der Waals surface area contributed by atoms with Gasteiger partial charge in [-0.25, -0.2) is 0 Å². The van der Waals surface area contributed by atoms with Crippen molar-refractivity contribution in [1.29, 1.82) is 0 Å². The number of aliphatic imine (C=N–C) groups is 1. The number of hydrogen-bond donors (Lipinski definition) is 2. The van der Waals surface area contributed by atoms with Crippen LogP contribution in [0.4, 0.5) is 5.69 Å². The molecular weight excluding hydrogens is 366 g/mol. The maximum absolute atomic E-state index is 4.35. The third kappa shape index (κ3) is 4.12. The van der Waals surface area contributed by atoms with Gasteiger partial charge in [-0.3, -0.25) is 4.99 Å². The van der Waals surface area contributed by atoms with Crippen LogP contribution in [0.25, 0.3) is 0 Å². The number of aromatic nitrogens is 1. The van der Waals surface area contributed by atoms with Crippen LogP contribution < -0.4 is 15.5 Å². The minimum atomic E-state index is 0.410. The van der Waals surface area contributed by atoms with Crippen LogP contribution in [0.15, 0.2) is 52.1 Å². The summed E-state index contributed by atoms with van der Waals surface area (Å²) in [5, 5.41) is 6.93. The lowest BCUT2D eigenvalue weighted by Crippen LogP contribution is -2.44. The molecule has 0 spiro atoms. The molecule has 1 atom stereocenters. The highest BCUT2D eigenvalue weighted by molar-refractivity contribution is 9.10. The Hall–Kier alpha value is -1.95. The number of hydrogen-bond acceptors (Lipinski definition) is 2. The Morgan fingerprint density at radius 1 is 1.29 bits per heavy atom. The second-order valence-electron chi connectivity index (χ2n) is 6.09. The topological polar surface area (TPSA) is 44.6 Å². The predicted molar refractivity (Wildman–Crippen MR) is 104 cm³/mol. The van der Waals surface area contributed by atoms with E-state index in [1.165, 1.54) is 11.4 Å². The van der Waals surface area contributed by atoms with Crippen molar-refractivity contribution in [1.82, 2.24) is 15.2 Å². The second-order valence-corrected chi connectivity index (χ2v) is 7.00. The van der Waals surface area contributed by atoms with Crippen LogP contribution in [-0.4, -0.2) is 36.7 Å². The number of benzene rings is 1. The summed E-state index contributed by atoms with van der Waals surface area (Å²) in [6.07, 6.45) is 3.17. The Morgan fingerprint density at radius 2 is 2.08 bits per heavy atom. The van der Waals surface area contributed by atoms with Gasteiger partial charge in [-0.15, -0.1) is 0 Å². The van der Waals surface area contributed by atoms with Crippen molar-refractivity contribution in [3.8, 4) is 0 Å². The first kappa shape index (κ1) is 16.9. The molecule has 0 amide bonds. The van der Waals surface area contributed by atoms with Gasteiger partial charge < -0.3 is 20.1 Å². The molecule has 2 N–H and O–H groups in total. The molecule has 1 aliphatic rings. The lowest BCUT2D eigenvalue weighted by atomic mass is 10.2. The van der Waals surface area contributed by atoms with E-state index in [9.17, 15) is 0 Å². The lowest BCUT2D eigenvalue weighted by molar-refractivity contribution is 0.644. The Bertz CT molecular complexity index is 692. The normalized spacial score (nSPS) is 18.0. The molecule has 2 aromatic rings. The summed E-state index contributed by atoms with van der Waals surface area (Å²) >= 11 is 3.49. The summed E-state index contributed by atoms with van der Waals surface area (Å²) in [4.78, 5) is 6.76. The number of nitrogens with one attached hydrogen (secondary N) is 2. The molecule has 1 aromatic heterocycles. The molecule has 2 heterocycles. The molecule has 1 unspecified atom stereocenters. The van der Waals surface area contributed by atoms with Gasteiger partial charge in [0.25, 0.3) is 0 Å². The molecular formula is C18H24BrN5. The molecule has 1 fully saturated rings. The van der Waals surface area contributed by atoms with E-state index in [4.69, 9.17) is 0 Å². The van der Waals surface area contributed by atoms with E-state index < -0.39 is 0 Å². The predicted octanol–water partition coefficient (Wildman–Crippen LogP) is 2.73. The fraction of sp³-hybridized carbons (Fsp3) is 0.389. The van der Waals surface area contributed by atoms with E-state index >= 15 is 0 Å². The summed E-state index contributed by atoms with van der Waals surface area (Å²) in [5.41, 5.74) is 2.51. The smallest absolute Gasteiger partial charge is 0.191 e. The van der Waals surface area contributed by atoms with Crippen LogP contribution in [0.1, 0.15) is 12.1 Å². The Labute approximate surface area is 151 Å². The van der Waals surface area contributed by atoms with E-state index in [1.807, 2.05) is 7.05 Å². The zero-order valence-electron chi connectivity index (χ0n) is 14.2. The number of rotatable bonds is 4. The molecule has 24 heavy (non-hydrogen) atoms. The van der Waals surface area contributed by atoms with Crippen molar-refractivity contribution < 1.29 is 0 Å². The van der Waals surface area contributed by atoms with E-state index in [0.29, 0.717) is 6.04 Å². The lowest BCUT2D eigenvalue weighted by Gasteiger charge is -2.20. The van der Waals surface area contributed by atoms with Gasteiger partial charge in [0.05, 0.1) is 6.54 Å². The molecule has 0 aliphatic carbocycles. The van der Waals surface area contributed by atoms with Crippen molar-refractivity contribution in [3.05, 3.63) is 52.8 Å². The first-order chi connectivity index (χ1) is 11.7. The van der Waals surface area contributed by atoms with Gasteiger partial charge in [-0.1, -0.05) is 15.9 Å². The third-order valence-corrected chi connectivity index (χ3v) is 4.96. The first-order valence-corrected chi connectivity index (χ1v) is 9.03. The van der Waals surface area contributed by atoms with Crippen LogP contribution in [0.5, 0.6) is 0 Å². The highest BCUT2D eigenvalue weighted by Crippen LogP contribution is 2.22. The van der Waals surface area contributed by atoms with Crippen molar-refractivity contribution in [2.45, 2.75) is 19.0 Å². The second kappa shape index (κ2) is 7.75. The molecule has 6 heteroatoms. The SMILES string of the molecule is CN=C(NCc1cccn1C)NC1CCN(c2ccc(Br)cc2)C1. The molecule has 1 aliphatic heterocycles. The van der Waals surface area contributed by atoms with Gasteiger partial charge in [0, 0.05) is 55.3 Å². The zero-order chi connectivity index (χ0) is 16.9. The van der Waals surface area contributed by atoms with Crippen LogP contribution >= 0.6 is 15.9 Å². The molecule has 128 valence electrons. The van der Waals surface area contributed by atoms with Crippen LogP contribution in [-0.2, 0) is 13.6 Å². The standard InChI is InChI=1S/C18H24BrN5/c1-20-18(21-12-17-4-3-10-23(17)2)22-15-9-11-24(13-15)16-7-5-14(19)6-8-16/h3-8,10,15H,9,11-13H2,1-2H3,(H2,20,21,22). The van der Waals surface area contributed by atoms with Gasteiger partial charge in [0.2, 0.25) is 0 Å². The van der Waals surface area contributed by atoms with Crippen molar-refractivity contribution in [2.75, 3.05) is 25.0 Å². The first-order valence-electron chi connectivity index (χ1n) is 8.23. The summed E-state index contributed by atoms with van der Waals surface area (Å²) in [5.74, 6) is 0.860. The quantitative estimate of drug-likeness (QED) is 0.624. The van der Waals surface area contributed by atoms with E-state index in [0.717, 1.165) is 36.5 Å². The van der Waals surface area contributed by atoms with Crippen LogP contribution in [0.2, 0.25) is 0 Å². The minimum absolute atomic E-state index is 0.410. The molecule has 5 nitrogen and oxygen atoms in total. The molecule has 0 saturated carbocycles. The maximum Gasteiger partial charge on any atom is 0.191 e. The Kier molecular flexibility index (Phi) is 5.45. The Morgan fingerprint density at radius 3 is 2.75 bits per heavy atom. The summed E-state index contributed by atoms with van der Waals surface area (Å²) < 4.78 is 3.23. The highest BCUT2D eigenvalue weighted by Gasteiger charge is 2.23. The van der Waals surface area contributed by atoms with Gasteiger partial charge in [0.1, 0.15) is 0 Å². The number of aryl methyl sites for hydroxylation is 1. The number of anilines is 1. The largest absolute Gasteiger partial charge is 0.369 e. The van der Waals surface area contributed by atoms with Crippen LogP contribution in [0, 0.1) is 0 Å². The van der Waals surface area contributed by atoms with Gasteiger partial charge in [-0.05, 0) is 42.8 Å². The average molecular weight is 390 g/mol. The van der Waals surface area contributed by atoms with E-state index in [1.54, 1.807) is 0 Å². The van der Waals surface area contributed by atoms with E-state index in [-0.39, 0.29) is 0 Å². The minimum Gasteiger partial charge on any atom is -0.369 e. The maximum atomic E-state index is 4.35. The van der Waals surface area contributed by atoms with Gasteiger partial charge >= 0.3 is 0 Å². The summed E-state index contributed by atoms with van der Waals surface area (Å²) in [6, 6.07) is 13.1. The van der Waals surface area contributed by atoms with Crippen molar-refractivity contribution in [2.24, 2.45) is 12.0 Å². The molecule has 1 aromatic carbocycles. The fourth-order valence-corrected chi connectivity index (χ4v) is 3.27. The monoisotopic (exact) mass is 389 g/mol. The van der Waals surface area contributed by atoms with Gasteiger partial charge in [-0.2, -0.15) is 0 Å². The third-order valence-electron chi connectivity index (χ3n) is 4.43. The highest BCUT2D eigenvalue weighted by atomic mass is 79.9. The number of halogens is 1.